The van der Waals surface area contributed by atoms with Crippen LogP contribution >= 0.6 is 0 Å². The molecule has 9 aromatic carbocycles. The van der Waals surface area contributed by atoms with Gasteiger partial charge in [0, 0.05) is 38.2 Å². The summed E-state index contributed by atoms with van der Waals surface area (Å²) in [4.78, 5) is 15.2. The molecule has 0 amide bonds. The normalized spacial score (nSPS) is 13.2. The fourth-order valence-corrected chi connectivity index (χ4v) is 11.0. The average Bonchev–Trinajstić information content (AvgIpc) is 4.08. The summed E-state index contributed by atoms with van der Waals surface area (Å²) in [5, 5.41) is 4.43. The fourth-order valence-electron chi connectivity index (χ4n) is 11.0. The summed E-state index contributed by atoms with van der Waals surface area (Å²) in [6.45, 7) is 0. The molecule has 14 rings (SSSR count). The first kappa shape index (κ1) is 34.3. The van der Waals surface area contributed by atoms with E-state index in [2.05, 4.69) is 150 Å². The SMILES string of the molecule is c1ccc(-c2nc(-c3ccccc3)nc(-c3cccc4c3oc3c(-n5c6ccccc6c6ccc7c(c65)-c5ccccc5C75c6ccccc6-c6ccccc65)cccc34)n2)cc1. The first-order chi connectivity index (χ1) is 31.3. The highest BCUT2D eigenvalue weighted by Gasteiger charge is 2.52. The quantitative estimate of drug-likeness (QED) is 0.178. The Kier molecular flexibility index (Phi) is 6.97. The third-order valence-corrected chi connectivity index (χ3v) is 13.5. The largest absolute Gasteiger partial charge is 0.453 e. The molecular weight excluding hydrogens is 769 g/mol. The van der Waals surface area contributed by atoms with Crippen LogP contribution in [0.2, 0.25) is 0 Å². The molecule has 5 nitrogen and oxygen atoms in total. The molecule has 63 heavy (non-hydrogen) atoms. The summed E-state index contributed by atoms with van der Waals surface area (Å²) in [5.41, 5.74) is 17.4. The maximum absolute atomic E-state index is 7.24. The Hall–Kier alpha value is -8.41. The molecule has 0 N–H and O–H groups in total. The van der Waals surface area contributed by atoms with E-state index in [1.54, 1.807) is 0 Å². The van der Waals surface area contributed by atoms with E-state index in [-0.39, 0.29) is 0 Å². The van der Waals surface area contributed by atoms with Crippen LogP contribution in [-0.2, 0) is 5.41 Å². The van der Waals surface area contributed by atoms with Crippen molar-refractivity contribution < 1.29 is 4.42 Å². The molecule has 0 radical (unpaired) electrons. The molecular formula is C58H34N4O. The first-order valence-electron chi connectivity index (χ1n) is 21.5. The lowest BCUT2D eigenvalue weighted by molar-refractivity contribution is 0.667. The number of benzene rings is 9. The third kappa shape index (κ3) is 4.57. The van der Waals surface area contributed by atoms with E-state index in [0.29, 0.717) is 17.5 Å². The van der Waals surface area contributed by atoms with Gasteiger partial charge in [-0.1, -0.05) is 188 Å². The van der Waals surface area contributed by atoms with Gasteiger partial charge in [-0.25, -0.2) is 15.0 Å². The summed E-state index contributed by atoms with van der Waals surface area (Å²) in [5.74, 6) is 1.78. The molecule has 2 aliphatic carbocycles. The summed E-state index contributed by atoms with van der Waals surface area (Å²) >= 11 is 0. The van der Waals surface area contributed by atoms with E-state index in [0.717, 1.165) is 49.8 Å². The lowest BCUT2D eigenvalue weighted by atomic mass is 9.70. The zero-order valence-electron chi connectivity index (χ0n) is 33.8. The molecule has 0 saturated carbocycles. The minimum atomic E-state index is -0.462. The van der Waals surface area contributed by atoms with Crippen LogP contribution in [0.1, 0.15) is 22.3 Å². The maximum Gasteiger partial charge on any atom is 0.167 e. The van der Waals surface area contributed by atoms with Gasteiger partial charge in [0.15, 0.2) is 23.1 Å². The van der Waals surface area contributed by atoms with Gasteiger partial charge in [0.25, 0.3) is 0 Å². The summed E-state index contributed by atoms with van der Waals surface area (Å²) < 4.78 is 9.69. The van der Waals surface area contributed by atoms with Gasteiger partial charge < -0.3 is 8.98 Å². The highest BCUT2D eigenvalue weighted by atomic mass is 16.3. The monoisotopic (exact) mass is 802 g/mol. The van der Waals surface area contributed by atoms with Gasteiger partial charge in [0.05, 0.1) is 27.7 Å². The van der Waals surface area contributed by atoms with E-state index in [1.807, 2.05) is 60.7 Å². The molecule has 0 bridgehead atoms. The number of rotatable bonds is 4. The number of hydrogen-bond acceptors (Lipinski definition) is 4. The van der Waals surface area contributed by atoms with E-state index < -0.39 is 5.41 Å². The zero-order chi connectivity index (χ0) is 41.2. The van der Waals surface area contributed by atoms with E-state index >= 15 is 0 Å². The van der Waals surface area contributed by atoms with Crippen LogP contribution in [0, 0.1) is 0 Å². The predicted molar refractivity (Wildman–Crippen MR) is 254 cm³/mol. The molecule has 5 heteroatoms. The average molecular weight is 803 g/mol. The Labute approximate surface area is 362 Å². The lowest BCUT2D eigenvalue weighted by Crippen LogP contribution is -2.25. The second kappa shape index (κ2) is 12.8. The second-order valence-corrected chi connectivity index (χ2v) is 16.6. The Morgan fingerprint density at radius 3 is 1.54 bits per heavy atom. The van der Waals surface area contributed by atoms with Crippen molar-refractivity contribution in [1.29, 1.82) is 0 Å². The van der Waals surface area contributed by atoms with E-state index in [1.165, 1.54) is 60.8 Å². The number of nitrogens with zero attached hydrogens (tertiary/aromatic N) is 4. The van der Waals surface area contributed by atoms with Crippen molar-refractivity contribution in [3.05, 3.63) is 229 Å². The van der Waals surface area contributed by atoms with Crippen LogP contribution in [0.3, 0.4) is 0 Å². The molecule has 12 aromatic rings. The smallest absolute Gasteiger partial charge is 0.167 e. The molecule has 0 atom stereocenters. The van der Waals surface area contributed by atoms with Gasteiger partial charge in [-0.15, -0.1) is 0 Å². The van der Waals surface area contributed by atoms with Gasteiger partial charge in [-0.3, -0.25) is 0 Å². The van der Waals surface area contributed by atoms with Gasteiger partial charge >= 0.3 is 0 Å². The minimum absolute atomic E-state index is 0.462. The lowest BCUT2D eigenvalue weighted by Gasteiger charge is -2.30. The Balaban J connectivity index is 1.06. The molecule has 2 aliphatic rings. The van der Waals surface area contributed by atoms with Crippen LogP contribution in [-0.4, -0.2) is 19.5 Å². The molecule has 0 saturated heterocycles. The van der Waals surface area contributed by atoms with Crippen molar-refractivity contribution in [3.63, 3.8) is 0 Å². The number of hydrogen-bond donors (Lipinski definition) is 0. The van der Waals surface area contributed by atoms with Crippen molar-refractivity contribution in [2.24, 2.45) is 0 Å². The molecule has 3 aromatic heterocycles. The second-order valence-electron chi connectivity index (χ2n) is 16.6. The number of furan rings is 1. The van der Waals surface area contributed by atoms with Crippen LogP contribution < -0.4 is 0 Å². The zero-order valence-corrected chi connectivity index (χ0v) is 33.8. The highest BCUT2D eigenvalue weighted by molar-refractivity contribution is 6.18. The van der Waals surface area contributed by atoms with Crippen molar-refractivity contribution in [2.75, 3.05) is 0 Å². The molecule has 0 unspecified atom stereocenters. The van der Waals surface area contributed by atoms with Crippen LogP contribution in [0.15, 0.2) is 211 Å². The van der Waals surface area contributed by atoms with Crippen LogP contribution in [0.5, 0.6) is 0 Å². The Morgan fingerprint density at radius 2 is 0.857 bits per heavy atom. The fraction of sp³-hybridized carbons (Fsp3) is 0.0172. The summed E-state index contributed by atoms with van der Waals surface area (Å²) in [6.07, 6.45) is 0. The van der Waals surface area contributed by atoms with E-state index in [4.69, 9.17) is 19.4 Å². The number of fused-ring (bicyclic) bond motifs is 17. The van der Waals surface area contributed by atoms with E-state index in [9.17, 15) is 0 Å². The molecule has 1 spiro atoms. The molecule has 3 heterocycles. The molecule has 0 fully saturated rings. The van der Waals surface area contributed by atoms with Gasteiger partial charge in [-0.05, 0) is 57.1 Å². The summed E-state index contributed by atoms with van der Waals surface area (Å²) in [7, 11) is 0. The van der Waals surface area contributed by atoms with Gasteiger partial charge in [-0.2, -0.15) is 0 Å². The van der Waals surface area contributed by atoms with Crippen LogP contribution in [0.4, 0.5) is 0 Å². The van der Waals surface area contributed by atoms with Crippen molar-refractivity contribution in [1.82, 2.24) is 19.5 Å². The van der Waals surface area contributed by atoms with Crippen molar-refractivity contribution in [3.8, 4) is 62.1 Å². The third-order valence-electron chi connectivity index (χ3n) is 13.5. The first-order valence-corrected chi connectivity index (χ1v) is 21.5. The number of para-hydroxylation sites is 3. The Morgan fingerprint density at radius 1 is 0.349 bits per heavy atom. The van der Waals surface area contributed by atoms with Gasteiger partial charge in [0.2, 0.25) is 0 Å². The standard InChI is InChI=1S/C58H34N4O/c1-3-17-35(18-4-1)55-59-56(36-19-5-2-6-20-36)61-57(60-55)44-27-15-25-41-42-26-16-32-50(54(42)63-53(41)44)62-49-31-14-10-23-39(49)40-33-34-48-51(52(40)62)43-24-9-13-30-47(43)58(48)45-28-11-7-21-37(45)38-22-8-12-29-46(38)58/h1-34H. The van der Waals surface area contributed by atoms with Crippen molar-refractivity contribution in [2.45, 2.75) is 5.41 Å². The number of aromatic nitrogens is 4. The molecule has 0 aliphatic heterocycles. The maximum atomic E-state index is 7.24. The predicted octanol–water partition coefficient (Wildman–Crippen LogP) is 14.2. The minimum Gasteiger partial charge on any atom is -0.453 e. The van der Waals surface area contributed by atoms with Gasteiger partial charge in [0.1, 0.15) is 5.58 Å². The highest BCUT2D eigenvalue weighted by Crippen LogP contribution is 2.64. The summed E-state index contributed by atoms with van der Waals surface area (Å²) in [6, 6.07) is 73.6. The Bertz CT molecular complexity index is 3760. The van der Waals surface area contributed by atoms with Crippen molar-refractivity contribution >= 4 is 43.7 Å². The molecule has 292 valence electrons. The topological polar surface area (TPSA) is 56.7 Å². The van der Waals surface area contributed by atoms with Crippen LogP contribution in [0.25, 0.3) is 106 Å².